The van der Waals surface area contributed by atoms with E-state index in [9.17, 15) is 0 Å². The average Bonchev–Trinajstić information content (AvgIpc) is 2.09. The van der Waals surface area contributed by atoms with Gasteiger partial charge in [0.25, 0.3) is 0 Å². The molecule has 2 nitrogen and oxygen atoms in total. The molecule has 0 radical (unpaired) electrons. The van der Waals surface area contributed by atoms with Gasteiger partial charge in [0.05, 0.1) is 0 Å². The number of unbranched alkanes of at least 4 members (excludes halogenated alkanes) is 1. The van der Waals surface area contributed by atoms with Crippen LogP contribution in [0.15, 0.2) is 0 Å². The van der Waals surface area contributed by atoms with Crippen LogP contribution in [0.1, 0.15) is 26.2 Å². The van der Waals surface area contributed by atoms with Gasteiger partial charge in [0.15, 0.2) is 0 Å². The topological polar surface area (TPSA) is 32.3 Å². The molecule has 0 bridgehead atoms. The minimum absolute atomic E-state index is 0.320. The van der Waals surface area contributed by atoms with E-state index in [1.165, 1.54) is 12.2 Å². The highest BCUT2D eigenvalue weighted by molar-refractivity contribution is 7.98. The van der Waals surface area contributed by atoms with Gasteiger partial charge >= 0.3 is 0 Å². The summed E-state index contributed by atoms with van der Waals surface area (Å²) in [6, 6.07) is 0.621. The molecular formula is C9H21NOS. The zero-order valence-corrected chi connectivity index (χ0v) is 8.99. The third-order valence-corrected chi connectivity index (χ3v) is 2.48. The summed E-state index contributed by atoms with van der Waals surface area (Å²) in [5, 5.41) is 12.0. The maximum Gasteiger partial charge on any atom is 0.0431 e. The fraction of sp³-hybridized carbons (Fsp3) is 1.00. The van der Waals surface area contributed by atoms with Crippen molar-refractivity contribution in [1.82, 2.24) is 5.32 Å². The van der Waals surface area contributed by atoms with Crippen LogP contribution in [-0.4, -0.2) is 36.3 Å². The molecule has 0 saturated carbocycles. The van der Waals surface area contributed by atoms with Crippen molar-refractivity contribution in [2.24, 2.45) is 0 Å². The second-order valence-corrected chi connectivity index (χ2v) is 4.05. The molecule has 0 saturated heterocycles. The molecule has 0 aliphatic carbocycles. The van der Waals surface area contributed by atoms with E-state index in [0.29, 0.717) is 12.6 Å². The zero-order valence-electron chi connectivity index (χ0n) is 8.18. The van der Waals surface area contributed by atoms with Crippen LogP contribution < -0.4 is 5.32 Å². The van der Waals surface area contributed by atoms with Crippen LogP contribution in [0.3, 0.4) is 0 Å². The van der Waals surface area contributed by atoms with Gasteiger partial charge in [-0.3, -0.25) is 0 Å². The summed E-state index contributed by atoms with van der Waals surface area (Å²) in [5.41, 5.74) is 0. The Labute approximate surface area is 80.1 Å². The molecule has 0 spiro atoms. The van der Waals surface area contributed by atoms with Crippen molar-refractivity contribution in [3.63, 3.8) is 0 Å². The van der Waals surface area contributed by atoms with Crippen LogP contribution in [-0.2, 0) is 0 Å². The van der Waals surface area contributed by atoms with E-state index in [-0.39, 0.29) is 0 Å². The second kappa shape index (κ2) is 9.36. The summed E-state index contributed by atoms with van der Waals surface area (Å²) in [7, 11) is 0. The van der Waals surface area contributed by atoms with E-state index in [1.807, 2.05) is 11.8 Å². The lowest BCUT2D eigenvalue weighted by Gasteiger charge is -2.12. The first-order valence-electron chi connectivity index (χ1n) is 4.64. The van der Waals surface area contributed by atoms with Gasteiger partial charge in [-0.25, -0.2) is 0 Å². The first-order chi connectivity index (χ1) is 5.81. The summed E-state index contributed by atoms with van der Waals surface area (Å²) >= 11 is 1.89. The van der Waals surface area contributed by atoms with Crippen molar-refractivity contribution in [2.75, 3.05) is 25.2 Å². The number of hydrogen-bond acceptors (Lipinski definition) is 3. The molecule has 74 valence electrons. The van der Waals surface area contributed by atoms with Crippen LogP contribution in [0.5, 0.6) is 0 Å². The summed E-state index contributed by atoms with van der Waals surface area (Å²) in [5.74, 6) is 1.23. The molecule has 3 heteroatoms. The van der Waals surface area contributed by atoms with Gasteiger partial charge in [-0.05, 0) is 44.7 Å². The number of aliphatic hydroxyl groups excluding tert-OH is 1. The molecule has 1 unspecified atom stereocenters. The van der Waals surface area contributed by atoms with Gasteiger partial charge in [-0.1, -0.05) is 0 Å². The maximum atomic E-state index is 8.54. The lowest BCUT2D eigenvalue weighted by atomic mass is 10.2. The third-order valence-electron chi connectivity index (χ3n) is 1.83. The van der Waals surface area contributed by atoms with Crippen LogP contribution >= 0.6 is 11.8 Å². The van der Waals surface area contributed by atoms with Crippen molar-refractivity contribution >= 4 is 11.8 Å². The molecule has 0 heterocycles. The molecule has 0 fully saturated rings. The predicted octanol–water partition coefficient (Wildman–Crippen LogP) is 1.49. The number of thioether (sulfide) groups is 1. The molecule has 12 heavy (non-hydrogen) atoms. The van der Waals surface area contributed by atoms with Gasteiger partial charge in [0, 0.05) is 12.6 Å². The van der Waals surface area contributed by atoms with Gasteiger partial charge in [-0.15, -0.1) is 0 Å². The third kappa shape index (κ3) is 8.37. The maximum absolute atomic E-state index is 8.54. The Morgan fingerprint density at radius 3 is 2.75 bits per heavy atom. The molecule has 1 atom stereocenters. The number of aliphatic hydroxyl groups is 1. The molecule has 0 rings (SSSR count). The largest absolute Gasteiger partial charge is 0.396 e. The summed E-state index contributed by atoms with van der Waals surface area (Å²) in [6.45, 7) is 3.58. The highest BCUT2D eigenvalue weighted by atomic mass is 32.2. The van der Waals surface area contributed by atoms with Crippen LogP contribution in [0.2, 0.25) is 0 Å². The lowest BCUT2D eigenvalue weighted by molar-refractivity contribution is 0.282. The van der Waals surface area contributed by atoms with E-state index in [0.717, 1.165) is 19.4 Å². The summed E-state index contributed by atoms with van der Waals surface area (Å²) in [4.78, 5) is 0. The standard InChI is InChI=1S/C9H21NOS/c1-9(5-8-12-2)10-6-3-4-7-11/h9-11H,3-8H2,1-2H3. The summed E-state index contributed by atoms with van der Waals surface area (Å²) in [6.07, 6.45) is 5.38. The van der Waals surface area contributed by atoms with Gasteiger partial charge < -0.3 is 10.4 Å². The van der Waals surface area contributed by atoms with Crippen molar-refractivity contribution in [3.8, 4) is 0 Å². The first-order valence-corrected chi connectivity index (χ1v) is 6.03. The quantitative estimate of drug-likeness (QED) is 0.570. The highest BCUT2D eigenvalue weighted by Crippen LogP contribution is 1.99. The Kier molecular flexibility index (Phi) is 9.57. The Morgan fingerprint density at radius 1 is 1.42 bits per heavy atom. The molecule has 0 aromatic heterocycles. The van der Waals surface area contributed by atoms with Crippen LogP contribution in [0.25, 0.3) is 0 Å². The van der Waals surface area contributed by atoms with E-state index in [2.05, 4.69) is 18.5 Å². The normalized spacial score (nSPS) is 13.2. The number of nitrogens with one attached hydrogen (secondary N) is 1. The molecule has 2 N–H and O–H groups in total. The monoisotopic (exact) mass is 191 g/mol. The highest BCUT2D eigenvalue weighted by Gasteiger charge is 1.98. The van der Waals surface area contributed by atoms with E-state index in [4.69, 9.17) is 5.11 Å². The van der Waals surface area contributed by atoms with E-state index < -0.39 is 0 Å². The second-order valence-electron chi connectivity index (χ2n) is 3.07. The molecule has 0 aromatic rings. The van der Waals surface area contributed by atoms with Crippen LogP contribution in [0.4, 0.5) is 0 Å². The van der Waals surface area contributed by atoms with Gasteiger partial charge in [0.2, 0.25) is 0 Å². The molecule has 0 aliphatic heterocycles. The minimum Gasteiger partial charge on any atom is -0.396 e. The minimum atomic E-state index is 0.320. The Morgan fingerprint density at radius 2 is 2.17 bits per heavy atom. The molecule has 0 aromatic carbocycles. The van der Waals surface area contributed by atoms with E-state index in [1.54, 1.807) is 0 Å². The smallest absolute Gasteiger partial charge is 0.0431 e. The average molecular weight is 191 g/mol. The predicted molar refractivity (Wildman–Crippen MR) is 56.8 cm³/mol. The van der Waals surface area contributed by atoms with Crippen molar-refractivity contribution in [1.29, 1.82) is 0 Å². The lowest BCUT2D eigenvalue weighted by Crippen LogP contribution is -2.27. The Bertz CT molecular complexity index is 90.6. The zero-order chi connectivity index (χ0) is 9.23. The SMILES string of the molecule is CSCCC(C)NCCCCO. The number of hydrogen-bond donors (Lipinski definition) is 2. The summed E-state index contributed by atoms with van der Waals surface area (Å²) < 4.78 is 0. The molecule has 0 amide bonds. The van der Waals surface area contributed by atoms with Crippen molar-refractivity contribution in [2.45, 2.75) is 32.2 Å². The van der Waals surface area contributed by atoms with Gasteiger partial charge in [0.1, 0.15) is 0 Å². The Hall–Kier alpha value is 0.270. The van der Waals surface area contributed by atoms with Crippen molar-refractivity contribution < 1.29 is 5.11 Å². The van der Waals surface area contributed by atoms with E-state index >= 15 is 0 Å². The Balaban J connectivity index is 3.02. The number of rotatable bonds is 8. The molecular weight excluding hydrogens is 170 g/mol. The van der Waals surface area contributed by atoms with Crippen LogP contribution in [0, 0.1) is 0 Å². The molecule has 0 aliphatic rings. The fourth-order valence-electron chi connectivity index (χ4n) is 0.982. The van der Waals surface area contributed by atoms with Crippen molar-refractivity contribution in [3.05, 3.63) is 0 Å². The van der Waals surface area contributed by atoms with Gasteiger partial charge in [-0.2, -0.15) is 11.8 Å². The first kappa shape index (κ1) is 12.3. The fourth-order valence-corrected chi connectivity index (χ4v) is 1.57.